The van der Waals surface area contributed by atoms with Crippen LogP contribution >= 0.6 is 0 Å². The van der Waals surface area contributed by atoms with Gasteiger partial charge in [0.05, 0.1) is 6.54 Å². The molecule has 0 bridgehead atoms. The number of anilines is 1. The second-order valence-corrected chi connectivity index (χ2v) is 4.47. The zero-order valence-corrected chi connectivity index (χ0v) is 9.76. The van der Waals surface area contributed by atoms with E-state index in [9.17, 15) is 4.79 Å². The molecule has 0 aliphatic carbocycles. The molecule has 2 heterocycles. The predicted octanol–water partition coefficient (Wildman–Crippen LogP) is 1.50. The van der Waals surface area contributed by atoms with Crippen molar-refractivity contribution in [3.05, 3.63) is 29.8 Å². The van der Waals surface area contributed by atoms with Crippen molar-refractivity contribution < 1.29 is 9.53 Å². The third-order valence-electron chi connectivity index (χ3n) is 3.47. The molecule has 0 N–H and O–H groups in total. The Morgan fingerprint density at radius 1 is 1.12 bits per heavy atom. The first kappa shape index (κ1) is 10.4. The van der Waals surface area contributed by atoms with Gasteiger partial charge in [-0.25, -0.2) is 4.79 Å². The largest absolute Gasteiger partial charge is 0.448 e. The van der Waals surface area contributed by atoms with E-state index >= 15 is 0 Å². The Labute approximate surface area is 101 Å². The Bertz CT molecular complexity index is 433. The first-order valence-corrected chi connectivity index (χ1v) is 6.09. The number of cyclic esters (lactones) is 1. The minimum atomic E-state index is -0.169. The van der Waals surface area contributed by atoms with E-state index in [2.05, 4.69) is 29.2 Å². The zero-order valence-electron chi connectivity index (χ0n) is 9.76. The topological polar surface area (TPSA) is 32.8 Å². The number of carbonyl (C=O) groups excluding carboxylic acids is 1. The van der Waals surface area contributed by atoms with Crippen LogP contribution in [0.2, 0.25) is 0 Å². The predicted molar refractivity (Wildman–Crippen MR) is 65.3 cm³/mol. The van der Waals surface area contributed by atoms with E-state index in [0.717, 1.165) is 32.6 Å². The van der Waals surface area contributed by atoms with E-state index in [-0.39, 0.29) is 6.09 Å². The van der Waals surface area contributed by atoms with Gasteiger partial charge in [-0.05, 0) is 18.1 Å². The number of benzene rings is 1. The molecular weight excluding hydrogens is 216 g/mol. The standard InChI is InChI=1S/C13H16N2O2/c16-13-15(9-10-17-13)8-7-14-6-5-11-3-1-2-4-12(11)14/h1-4H,5-10H2. The summed E-state index contributed by atoms with van der Waals surface area (Å²) in [5.41, 5.74) is 2.73. The molecular formula is C13H16N2O2. The monoisotopic (exact) mass is 232 g/mol. The van der Waals surface area contributed by atoms with Crippen LogP contribution in [0.25, 0.3) is 0 Å². The van der Waals surface area contributed by atoms with E-state index in [4.69, 9.17) is 4.74 Å². The van der Waals surface area contributed by atoms with E-state index in [0.29, 0.717) is 6.61 Å². The highest BCUT2D eigenvalue weighted by atomic mass is 16.6. The SMILES string of the molecule is O=C1OCCN1CCN1CCc2ccccc21. The van der Waals surface area contributed by atoms with Gasteiger partial charge < -0.3 is 14.5 Å². The maximum atomic E-state index is 11.3. The number of para-hydroxylation sites is 1. The molecule has 17 heavy (non-hydrogen) atoms. The third-order valence-corrected chi connectivity index (χ3v) is 3.47. The lowest BCUT2D eigenvalue weighted by Crippen LogP contribution is -2.34. The summed E-state index contributed by atoms with van der Waals surface area (Å²) in [5, 5.41) is 0. The van der Waals surface area contributed by atoms with Crippen LogP contribution in [0, 0.1) is 0 Å². The number of hydrogen-bond donors (Lipinski definition) is 0. The van der Waals surface area contributed by atoms with Crippen molar-refractivity contribution in [1.29, 1.82) is 0 Å². The van der Waals surface area contributed by atoms with E-state index in [1.54, 1.807) is 4.90 Å². The molecule has 0 atom stereocenters. The van der Waals surface area contributed by atoms with Crippen molar-refractivity contribution in [3.8, 4) is 0 Å². The highest BCUT2D eigenvalue weighted by Crippen LogP contribution is 2.26. The summed E-state index contributed by atoms with van der Waals surface area (Å²) < 4.78 is 4.92. The summed E-state index contributed by atoms with van der Waals surface area (Å²) in [7, 11) is 0. The second kappa shape index (κ2) is 4.28. The molecule has 2 aliphatic heterocycles. The van der Waals surface area contributed by atoms with Crippen molar-refractivity contribution in [3.63, 3.8) is 0 Å². The Morgan fingerprint density at radius 3 is 2.76 bits per heavy atom. The first-order chi connectivity index (χ1) is 8.34. The van der Waals surface area contributed by atoms with Gasteiger partial charge in [-0.2, -0.15) is 0 Å². The van der Waals surface area contributed by atoms with Crippen LogP contribution in [-0.2, 0) is 11.2 Å². The van der Waals surface area contributed by atoms with E-state index in [1.165, 1.54) is 11.3 Å². The highest BCUT2D eigenvalue weighted by molar-refractivity contribution is 5.69. The minimum Gasteiger partial charge on any atom is -0.448 e. The molecule has 0 unspecified atom stereocenters. The number of ether oxygens (including phenoxy) is 1. The average molecular weight is 232 g/mol. The Balaban J connectivity index is 1.62. The highest BCUT2D eigenvalue weighted by Gasteiger charge is 2.24. The summed E-state index contributed by atoms with van der Waals surface area (Å²) in [6.45, 7) is 3.98. The van der Waals surface area contributed by atoms with Gasteiger partial charge in [0.25, 0.3) is 0 Å². The molecule has 1 amide bonds. The van der Waals surface area contributed by atoms with Crippen molar-refractivity contribution in [2.45, 2.75) is 6.42 Å². The van der Waals surface area contributed by atoms with E-state index in [1.807, 2.05) is 0 Å². The molecule has 1 fully saturated rings. The number of rotatable bonds is 3. The first-order valence-electron chi connectivity index (χ1n) is 6.09. The normalized spacial score (nSPS) is 18.5. The van der Waals surface area contributed by atoms with Crippen LogP contribution in [-0.4, -0.2) is 43.8 Å². The second-order valence-electron chi connectivity index (χ2n) is 4.47. The summed E-state index contributed by atoms with van der Waals surface area (Å²) in [6.07, 6.45) is 0.943. The fourth-order valence-corrected chi connectivity index (χ4v) is 2.51. The molecule has 4 heteroatoms. The smallest absolute Gasteiger partial charge is 0.409 e. The number of fused-ring (bicyclic) bond motifs is 1. The Kier molecular flexibility index (Phi) is 2.63. The summed E-state index contributed by atoms with van der Waals surface area (Å²) in [6, 6.07) is 8.49. The number of carbonyl (C=O) groups is 1. The molecule has 1 aromatic carbocycles. The van der Waals surface area contributed by atoms with Gasteiger partial charge in [-0.15, -0.1) is 0 Å². The van der Waals surface area contributed by atoms with Gasteiger partial charge in [-0.3, -0.25) is 0 Å². The summed E-state index contributed by atoms with van der Waals surface area (Å²) >= 11 is 0. The third kappa shape index (κ3) is 1.95. The minimum absolute atomic E-state index is 0.169. The molecule has 0 saturated carbocycles. The molecule has 90 valence electrons. The molecule has 2 aliphatic rings. The van der Waals surface area contributed by atoms with Crippen LogP contribution in [0.3, 0.4) is 0 Å². The fourth-order valence-electron chi connectivity index (χ4n) is 2.51. The van der Waals surface area contributed by atoms with Gasteiger partial charge in [0.2, 0.25) is 0 Å². The lowest BCUT2D eigenvalue weighted by atomic mass is 10.2. The Morgan fingerprint density at radius 2 is 1.94 bits per heavy atom. The fraction of sp³-hybridized carbons (Fsp3) is 0.462. The van der Waals surface area contributed by atoms with Gasteiger partial charge in [0.15, 0.2) is 0 Å². The number of hydrogen-bond acceptors (Lipinski definition) is 3. The lowest BCUT2D eigenvalue weighted by molar-refractivity contribution is 0.159. The number of amides is 1. The molecule has 0 spiro atoms. The van der Waals surface area contributed by atoms with Crippen LogP contribution in [0.4, 0.5) is 10.5 Å². The lowest BCUT2D eigenvalue weighted by Gasteiger charge is -2.22. The molecule has 1 aromatic rings. The van der Waals surface area contributed by atoms with Crippen molar-refractivity contribution >= 4 is 11.8 Å². The quantitative estimate of drug-likeness (QED) is 0.791. The molecule has 0 aromatic heterocycles. The average Bonchev–Trinajstić information content (AvgIpc) is 2.93. The summed E-state index contributed by atoms with van der Waals surface area (Å²) in [4.78, 5) is 15.4. The van der Waals surface area contributed by atoms with Crippen LogP contribution < -0.4 is 4.90 Å². The number of nitrogens with zero attached hydrogens (tertiary/aromatic N) is 2. The van der Waals surface area contributed by atoms with Gasteiger partial charge in [-0.1, -0.05) is 18.2 Å². The molecule has 0 radical (unpaired) electrons. The molecule has 4 nitrogen and oxygen atoms in total. The van der Waals surface area contributed by atoms with Gasteiger partial charge >= 0.3 is 6.09 Å². The summed E-state index contributed by atoms with van der Waals surface area (Å²) in [5.74, 6) is 0. The maximum absolute atomic E-state index is 11.3. The van der Waals surface area contributed by atoms with Gasteiger partial charge in [0.1, 0.15) is 6.61 Å². The van der Waals surface area contributed by atoms with Crippen LogP contribution in [0.15, 0.2) is 24.3 Å². The van der Waals surface area contributed by atoms with Crippen molar-refractivity contribution in [2.75, 3.05) is 37.7 Å². The van der Waals surface area contributed by atoms with Crippen molar-refractivity contribution in [2.24, 2.45) is 0 Å². The van der Waals surface area contributed by atoms with E-state index < -0.39 is 0 Å². The molecule has 3 rings (SSSR count). The Hall–Kier alpha value is -1.71. The van der Waals surface area contributed by atoms with Gasteiger partial charge in [0, 0.05) is 25.3 Å². The van der Waals surface area contributed by atoms with Crippen LogP contribution in [0.5, 0.6) is 0 Å². The zero-order chi connectivity index (χ0) is 11.7. The molecule has 1 saturated heterocycles. The maximum Gasteiger partial charge on any atom is 0.409 e. The van der Waals surface area contributed by atoms with Crippen LogP contribution in [0.1, 0.15) is 5.56 Å². The van der Waals surface area contributed by atoms with Crippen molar-refractivity contribution in [1.82, 2.24) is 4.90 Å².